The van der Waals surface area contributed by atoms with Crippen LogP contribution < -0.4 is 5.32 Å². The van der Waals surface area contributed by atoms with Gasteiger partial charge in [0.1, 0.15) is 0 Å². The number of aliphatic hydroxyl groups excluding tert-OH is 1. The zero-order valence-electron chi connectivity index (χ0n) is 23.4. The minimum atomic E-state index is -3.80. The van der Waals surface area contributed by atoms with Crippen LogP contribution in [0.3, 0.4) is 0 Å². The van der Waals surface area contributed by atoms with Gasteiger partial charge in [-0.3, -0.25) is 19.8 Å². The lowest BCUT2D eigenvalue weighted by molar-refractivity contribution is -0.133. The molecule has 3 heterocycles. The summed E-state index contributed by atoms with van der Waals surface area (Å²) >= 11 is 1.35. The largest absolute Gasteiger partial charge is 0.395 e. The first-order valence-electron chi connectivity index (χ1n) is 13.3. The molecule has 0 saturated carbocycles. The lowest BCUT2D eigenvalue weighted by atomic mass is 10.1. The summed E-state index contributed by atoms with van der Waals surface area (Å²) in [5.74, 6) is -0.478. The molecule has 13 nitrogen and oxygen atoms in total. The number of benzene rings is 1. The van der Waals surface area contributed by atoms with E-state index in [2.05, 4.69) is 20.4 Å². The summed E-state index contributed by atoms with van der Waals surface area (Å²) in [6, 6.07) is 5.86. The second kappa shape index (κ2) is 13.8. The Balaban J connectivity index is 1.46. The van der Waals surface area contributed by atoms with E-state index in [9.17, 15) is 18.0 Å². The van der Waals surface area contributed by atoms with Crippen molar-refractivity contribution in [2.45, 2.75) is 43.9 Å². The highest BCUT2D eigenvalue weighted by Gasteiger charge is 2.27. The number of anilines is 1. The third kappa shape index (κ3) is 7.87. The molecule has 1 aromatic heterocycles. The van der Waals surface area contributed by atoms with Crippen molar-refractivity contribution in [1.29, 1.82) is 0 Å². The number of hydrogen-bond donors (Lipinski definition) is 2. The quantitative estimate of drug-likeness (QED) is 0.280. The van der Waals surface area contributed by atoms with Crippen molar-refractivity contribution in [2.75, 3.05) is 58.4 Å². The van der Waals surface area contributed by atoms with Crippen molar-refractivity contribution in [3.63, 3.8) is 0 Å². The van der Waals surface area contributed by atoms with Crippen LogP contribution in [0.2, 0.25) is 0 Å². The molecule has 15 heteroatoms. The van der Waals surface area contributed by atoms with Gasteiger partial charge in [-0.15, -0.1) is 11.3 Å². The maximum absolute atomic E-state index is 13.3. The molecule has 0 aliphatic carbocycles. The average Bonchev–Trinajstić information content (AvgIpc) is 3.61. The number of rotatable bonds is 11. The number of ether oxygens (including phenoxy) is 1. The number of sulfonamides is 1. The summed E-state index contributed by atoms with van der Waals surface area (Å²) in [7, 11) is -2.42. The Morgan fingerprint density at radius 1 is 1.29 bits per heavy atom. The third-order valence-corrected chi connectivity index (χ3v) is 9.69. The number of likely N-dealkylation sites (N-methyl/N-ethyl adjacent to an activating group) is 1. The van der Waals surface area contributed by atoms with Gasteiger partial charge in [-0.2, -0.15) is 4.31 Å². The predicted molar refractivity (Wildman–Crippen MR) is 153 cm³/mol. The Hall–Kier alpha value is -2.95. The molecule has 2 aliphatic heterocycles. The zero-order valence-corrected chi connectivity index (χ0v) is 25.0. The van der Waals surface area contributed by atoms with Crippen molar-refractivity contribution in [1.82, 2.24) is 19.1 Å². The van der Waals surface area contributed by atoms with Crippen molar-refractivity contribution in [2.24, 2.45) is 5.16 Å². The standard InChI is InChI=1S/C26H36N6O7S2/c1-18-15-31(9-10-32(18)19(2)34)16-22-14-27-26(40-22)28-25(35)24(29-39-21-8-13-38-17-21)20-4-6-23(7-5-20)41(36,37)30(3)11-12-33/h4-7,14,18,21,33H,8-13,15-17H2,1-3H3,(H,27,28,35)/b29-24+/t18-,21+/m0/s1. The maximum atomic E-state index is 13.3. The van der Waals surface area contributed by atoms with E-state index in [0.29, 0.717) is 43.4 Å². The van der Waals surface area contributed by atoms with Crippen LogP contribution in [0, 0.1) is 0 Å². The topological polar surface area (TPSA) is 154 Å². The summed E-state index contributed by atoms with van der Waals surface area (Å²) in [6.07, 6.45) is 2.07. The van der Waals surface area contributed by atoms with Crippen LogP contribution in [-0.2, 0) is 35.7 Å². The first kappa shape index (κ1) is 31.0. The Labute approximate surface area is 243 Å². The van der Waals surface area contributed by atoms with E-state index in [1.807, 2.05) is 11.8 Å². The van der Waals surface area contributed by atoms with Crippen molar-refractivity contribution in [3.05, 3.63) is 40.9 Å². The Bertz CT molecular complexity index is 1340. The molecule has 1 aromatic carbocycles. The van der Waals surface area contributed by atoms with Gasteiger partial charge in [-0.1, -0.05) is 17.3 Å². The molecule has 2 amide bonds. The monoisotopic (exact) mass is 608 g/mol. The van der Waals surface area contributed by atoms with Gasteiger partial charge in [0.05, 0.1) is 24.7 Å². The van der Waals surface area contributed by atoms with Gasteiger partial charge >= 0.3 is 0 Å². The number of hydrogen-bond acceptors (Lipinski definition) is 11. The van der Waals surface area contributed by atoms with Crippen LogP contribution in [0.1, 0.15) is 30.7 Å². The molecule has 2 fully saturated rings. The van der Waals surface area contributed by atoms with Crippen LogP contribution >= 0.6 is 11.3 Å². The van der Waals surface area contributed by atoms with Gasteiger partial charge in [0, 0.05) is 75.8 Å². The summed E-state index contributed by atoms with van der Waals surface area (Å²) in [4.78, 5) is 40.2. The molecule has 2 saturated heterocycles. The van der Waals surface area contributed by atoms with Gasteiger partial charge in [0.15, 0.2) is 16.9 Å². The van der Waals surface area contributed by atoms with Gasteiger partial charge in [-0.05, 0) is 19.1 Å². The average molecular weight is 609 g/mol. The van der Waals surface area contributed by atoms with Gasteiger partial charge in [0.25, 0.3) is 5.91 Å². The van der Waals surface area contributed by atoms with E-state index >= 15 is 0 Å². The Morgan fingerprint density at radius 2 is 2.05 bits per heavy atom. The lowest BCUT2D eigenvalue weighted by Gasteiger charge is -2.39. The highest BCUT2D eigenvalue weighted by molar-refractivity contribution is 7.89. The number of nitrogens with zero attached hydrogens (tertiary/aromatic N) is 5. The smallest absolute Gasteiger partial charge is 0.280 e. The molecule has 2 aromatic rings. The SMILES string of the molecule is CC(=O)N1CCN(Cc2cnc(NC(=O)/C(=N/O[C@@H]3CCOC3)c3ccc(S(=O)(=O)N(C)CCO)cc3)s2)C[C@@H]1C. The van der Waals surface area contributed by atoms with E-state index in [0.717, 1.165) is 22.3 Å². The van der Waals surface area contributed by atoms with Crippen LogP contribution in [0.25, 0.3) is 0 Å². The molecule has 0 bridgehead atoms. The molecular weight excluding hydrogens is 572 g/mol. The molecule has 2 atom stereocenters. The summed E-state index contributed by atoms with van der Waals surface area (Å²) in [6.45, 7) is 7.00. The van der Waals surface area contributed by atoms with Crippen LogP contribution in [0.4, 0.5) is 5.13 Å². The molecular formula is C26H36N6O7S2. The van der Waals surface area contributed by atoms with Crippen LogP contribution in [0.15, 0.2) is 40.5 Å². The predicted octanol–water partition coefficient (Wildman–Crippen LogP) is 0.957. The molecule has 224 valence electrons. The van der Waals surface area contributed by atoms with Gasteiger partial charge < -0.3 is 19.6 Å². The molecule has 0 radical (unpaired) electrons. The highest BCUT2D eigenvalue weighted by Crippen LogP contribution is 2.23. The number of carbonyl (C=O) groups is 2. The number of nitrogens with one attached hydrogen (secondary N) is 1. The first-order valence-corrected chi connectivity index (χ1v) is 15.6. The number of carbonyl (C=O) groups excluding carboxylic acids is 2. The molecule has 2 N–H and O–H groups in total. The first-order chi connectivity index (χ1) is 19.6. The van der Waals surface area contributed by atoms with Crippen LogP contribution in [-0.4, -0.2) is 115 Å². The fourth-order valence-electron chi connectivity index (χ4n) is 4.63. The van der Waals surface area contributed by atoms with E-state index in [1.165, 1.54) is 42.6 Å². The fourth-order valence-corrected chi connectivity index (χ4v) is 6.65. The Morgan fingerprint density at radius 3 is 2.68 bits per heavy atom. The molecule has 0 spiro atoms. The number of piperazine rings is 1. The zero-order chi connectivity index (χ0) is 29.6. The van der Waals surface area contributed by atoms with E-state index in [-0.39, 0.29) is 41.8 Å². The molecule has 2 aliphatic rings. The Kier molecular flexibility index (Phi) is 10.4. The van der Waals surface area contributed by atoms with Gasteiger partial charge in [-0.25, -0.2) is 13.4 Å². The highest BCUT2D eigenvalue weighted by atomic mass is 32.2. The van der Waals surface area contributed by atoms with Gasteiger partial charge in [0.2, 0.25) is 15.9 Å². The summed E-state index contributed by atoms with van der Waals surface area (Å²) in [5.41, 5.74) is 0.328. The number of aromatic nitrogens is 1. The number of thiazole rings is 1. The molecule has 41 heavy (non-hydrogen) atoms. The molecule has 4 rings (SSSR count). The number of oxime groups is 1. The van der Waals surface area contributed by atoms with E-state index in [4.69, 9.17) is 14.7 Å². The lowest BCUT2D eigenvalue weighted by Crippen LogP contribution is -2.52. The minimum Gasteiger partial charge on any atom is -0.395 e. The van der Waals surface area contributed by atoms with Crippen molar-refractivity contribution >= 4 is 44.0 Å². The second-order valence-electron chi connectivity index (χ2n) is 9.99. The number of amides is 2. The number of aliphatic hydroxyl groups is 1. The fraction of sp³-hybridized carbons (Fsp3) is 0.538. The third-order valence-electron chi connectivity index (χ3n) is 6.92. The summed E-state index contributed by atoms with van der Waals surface area (Å²) < 4.78 is 31.8. The normalized spacial score (nSPS) is 20.4. The van der Waals surface area contributed by atoms with Crippen molar-refractivity contribution < 1.29 is 32.7 Å². The maximum Gasteiger partial charge on any atom is 0.280 e. The van der Waals surface area contributed by atoms with Crippen molar-refractivity contribution in [3.8, 4) is 0 Å². The minimum absolute atomic E-state index is 0.0186. The molecule has 0 unspecified atom stereocenters. The summed E-state index contributed by atoms with van der Waals surface area (Å²) in [5, 5.41) is 16.4. The van der Waals surface area contributed by atoms with E-state index < -0.39 is 15.9 Å². The van der Waals surface area contributed by atoms with E-state index in [1.54, 1.807) is 13.1 Å². The second-order valence-corrected chi connectivity index (χ2v) is 13.1. The van der Waals surface area contributed by atoms with Crippen LogP contribution in [0.5, 0.6) is 0 Å².